The molecule has 0 spiro atoms. The van der Waals surface area contributed by atoms with E-state index in [1.54, 1.807) is 6.20 Å². The Morgan fingerprint density at radius 1 is 1.15 bits per heavy atom. The number of esters is 1. The molecule has 0 radical (unpaired) electrons. The third-order valence-electron chi connectivity index (χ3n) is 3.96. The van der Waals surface area contributed by atoms with Crippen molar-refractivity contribution in [2.75, 3.05) is 0 Å². The number of nitrogens with one attached hydrogen (secondary N) is 1. The van der Waals surface area contributed by atoms with Gasteiger partial charge in [-0.05, 0) is 62.8 Å². The number of aromatic amines is 1. The zero-order valence-corrected chi connectivity index (χ0v) is 12.2. The maximum Gasteiger partial charge on any atom is 0.340 e. The number of H-pyrrole nitrogens is 1. The summed E-state index contributed by atoms with van der Waals surface area (Å²) in [6.45, 7) is 3.75. The van der Waals surface area contributed by atoms with Crippen LogP contribution in [0.25, 0.3) is 10.9 Å². The van der Waals surface area contributed by atoms with E-state index in [1.165, 1.54) is 30.4 Å². The van der Waals surface area contributed by atoms with Crippen LogP contribution in [0.3, 0.4) is 0 Å². The predicted molar refractivity (Wildman–Crippen MR) is 80.1 cm³/mol. The van der Waals surface area contributed by atoms with Crippen LogP contribution in [-0.4, -0.2) is 17.1 Å². The smallest absolute Gasteiger partial charge is 0.340 e. The van der Waals surface area contributed by atoms with E-state index in [4.69, 9.17) is 4.74 Å². The zero-order valence-electron chi connectivity index (χ0n) is 12.2. The van der Waals surface area contributed by atoms with Gasteiger partial charge in [-0.2, -0.15) is 0 Å². The first-order valence-corrected chi connectivity index (χ1v) is 7.49. The van der Waals surface area contributed by atoms with Crippen molar-refractivity contribution < 1.29 is 9.53 Å². The van der Waals surface area contributed by atoms with E-state index in [2.05, 4.69) is 17.1 Å². The molecule has 1 N–H and O–H groups in total. The Balaban J connectivity index is 2.03. The van der Waals surface area contributed by atoms with Crippen LogP contribution in [0.4, 0.5) is 0 Å². The summed E-state index contributed by atoms with van der Waals surface area (Å²) in [6.07, 6.45) is 7.76. The molecule has 0 bridgehead atoms. The number of aromatic nitrogens is 1. The molecule has 3 heteroatoms. The van der Waals surface area contributed by atoms with Crippen molar-refractivity contribution in [2.45, 2.75) is 52.1 Å². The second-order valence-corrected chi connectivity index (χ2v) is 5.88. The molecule has 0 saturated carbocycles. The summed E-state index contributed by atoms with van der Waals surface area (Å²) >= 11 is 0. The third-order valence-corrected chi connectivity index (χ3v) is 3.96. The van der Waals surface area contributed by atoms with Crippen molar-refractivity contribution in [3.05, 3.63) is 35.0 Å². The lowest BCUT2D eigenvalue weighted by Gasteiger charge is -2.09. The fraction of sp³-hybridized carbons (Fsp3) is 0.471. The summed E-state index contributed by atoms with van der Waals surface area (Å²) in [5.41, 5.74) is 4.52. The maximum atomic E-state index is 12.1. The molecule has 0 aliphatic heterocycles. The van der Waals surface area contributed by atoms with E-state index < -0.39 is 0 Å². The number of carbonyl (C=O) groups excluding carboxylic acids is 1. The van der Waals surface area contributed by atoms with Gasteiger partial charge in [0, 0.05) is 17.1 Å². The number of aryl methyl sites for hydroxylation is 2. The number of hydrogen-bond acceptors (Lipinski definition) is 2. The Hall–Kier alpha value is -1.77. The number of benzene rings is 1. The van der Waals surface area contributed by atoms with Gasteiger partial charge in [-0.3, -0.25) is 0 Å². The van der Waals surface area contributed by atoms with E-state index in [-0.39, 0.29) is 12.1 Å². The Morgan fingerprint density at radius 3 is 2.55 bits per heavy atom. The minimum absolute atomic E-state index is 0.0896. The molecule has 0 unspecified atom stereocenters. The van der Waals surface area contributed by atoms with Gasteiger partial charge in [0.25, 0.3) is 0 Å². The molecule has 1 aliphatic rings. The van der Waals surface area contributed by atoms with Gasteiger partial charge in [-0.1, -0.05) is 6.42 Å². The molecule has 106 valence electrons. The largest absolute Gasteiger partial charge is 0.459 e. The first-order chi connectivity index (χ1) is 9.65. The van der Waals surface area contributed by atoms with Crippen LogP contribution in [0, 0.1) is 0 Å². The molecular weight excluding hydrogens is 250 g/mol. The zero-order chi connectivity index (χ0) is 14.1. The van der Waals surface area contributed by atoms with Crippen LogP contribution in [0.15, 0.2) is 18.3 Å². The van der Waals surface area contributed by atoms with Gasteiger partial charge in [-0.15, -0.1) is 0 Å². The molecule has 1 aliphatic carbocycles. The lowest BCUT2D eigenvalue weighted by molar-refractivity contribution is 0.0380. The molecule has 20 heavy (non-hydrogen) atoms. The summed E-state index contributed by atoms with van der Waals surface area (Å²) in [6, 6.07) is 4.39. The van der Waals surface area contributed by atoms with Crippen LogP contribution in [0.5, 0.6) is 0 Å². The molecule has 1 heterocycles. The van der Waals surface area contributed by atoms with E-state index in [1.807, 2.05) is 13.8 Å². The fourth-order valence-electron chi connectivity index (χ4n) is 2.98. The highest BCUT2D eigenvalue weighted by Crippen LogP contribution is 2.28. The highest BCUT2D eigenvalue weighted by Gasteiger charge is 2.17. The molecule has 0 saturated heterocycles. The minimum Gasteiger partial charge on any atom is -0.459 e. The van der Waals surface area contributed by atoms with Gasteiger partial charge in [-0.25, -0.2) is 4.79 Å². The highest BCUT2D eigenvalue weighted by atomic mass is 16.5. The molecule has 0 fully saturated rings. The minimum atomic E-state index is -0.236. The van der Waals surface area contributed by atoms with Crippen molar-refractivity contribution >= 4 is 16.9 Å². The Kier molecular flexibility index (Phi) is 3.51. The van der Waals surface area contributed by atoms with Crippen molar-refractivity contribution in [3.63, 3.8) is 0 Å². The second kappa shape index (κ2) is 5.31. The van der Waals surface area contributed by atoms with Gasteiger partial charge >= 0.3 is 5.97 Å². The molecule has 3 nitrogen and oxygen atoms in total. The van der Waals surface area contributed by atoms with Crippen LogP contribution >= 0.6 is 0 Å². The summed E-state index contributed by atoms with van der Waals surface area (Å²) < 4.78 is 5.31. The normalized spacial score (nSPS) is 15.2. The van der Waals surface area contributed by atoms with E-state index in [9.17, 15) is 4.79 Å². The quantitative estimate of drug-likeness (QED) is 0.662. The molecule has 1 aromatic heterocycles. The van der Waals surface area contributed by atoms with Crippen molar-refractivity contribution in [1.29, 1.82) is 0 Å². The van der Waals surface area contributed by atoms with E-state index in [0.717, 1.165) is 23.7 Å². The topological polar surface area (TPSA) is 42.1 Å². The Bertz CT molecular complexity index is 640. The first kappa shape index (κ1) is 13.2. The number of carbonyl (C=O) groups is 1. The number of ether oxygens (including phenoxy) is 1. The predicted octanol–water partition coefficient (Wildman–Crippen LogP) is 4.00. The van der Waals surface area contributed by atoms with E-state index in [0.29, 0.717) is 5.56 Å². The molecule has 3 rings (SSSR count). The average molecular weight is 271 g/mol. The molecule has 1 aromatic carbocycles. The SMILES string of the molecule is CC(C)OC(=O)c1c[nH]c2cc3c(cc12)CCCCC3. The van der Waals surface area contributed by atoms with Gasteiger partial charge in [0.1, 0.15) is 0 Å². The van der Waals surface area contributed by atoms with Gasteiger partial charge in [0.2, 0.25) is 0 Å². The van der Waals surface area contributed by atoms with E-state index >= 15 is 0 Å². The third kappa shape index (κ3) is 2.45. The van der Waals surface area contributed by atoms with Crippen molar-refractivity contribution in [2.24, 2.45) is 0 Å². The molecule has 0 amide bonds. The Morgan fingerprint density at radius 2 is 1.85 bits per heavy atom. The van der Waals surface area contributed by atoms with Crippen LogP contribution in [0.1, 0.15) is 54.6 Å². The second-order valence-electron chi connectivity index (χ2n) is 5.88. The number of fused-ring (bicyclic) bond motifs is 2. The van der Waals surface area contributed by atoms with Gasteiger partial charge < -0.3 is 9.72 Å². The number of rotatable bonds is 2. The average Bonchev–Trinajstić information content (AvgIpc) is 2.65. The fourth-order valence-corrected chi connectivity index (χ4v) is 2.98. The van der Waals surface area contributed by atoms with Gasteiger partial charge in [0.15, 0.2) is 0 Å². The Labute approximate surface area is 119 Å². The number of hydrogen-bond donors (Lipinski definition) is 1. The van der Waals surface area contributed by atoms with Crippen molar-refractivity contribution in [3.8, 4) is 0 Å². The summed E-state index contributed by atoms with van der Waals surface area (Å²) in [4.78, 5) is 15.3. The standard InChI is InChI=1S/C17H21NO2/c1-11(2)20-17(19)15-10-18-16-9-13-7-5-3-4-6-12(13)8-14(15)16/h8-11,18H,3-7H2,1-2H3. The monoisotopic (exact) mass is 271 g/mol. The lowest BCUT2D eigenvalue weighted by atomic mass is 9.99. The first-order valence-electron chi connectivity index (χ1n) is 7.49. The maximum absolute atomic E-state index is 12.1. The van der Waals surface area contributed by atoms with Crippen LogP contribution in [-0.2, 0) is 17.6 Å². The van der Waals surface area contributed by atoms with Crippen LogP contribution < -0.4 is 0 Å². The van der Waals surface area contributed by atoms with Crippen LogP contribution in [0.2, 0.25) is 0 Å². The molecule has 2 aromatic rings. The molecule has 0 atom stereocenters. The van der Waals surface area contributed by atoms with Gasteiger partial charge in [0.05, 0.1) is 11.7 Å². The summed E-state index contributed by atoms with van der Waals surface area (Å²) in [5, 5.41) is 0.997. The lowest BCUT2D eigenvalue weighted by Crippen LogP contribution is -2.11. The van der Waals surface area contributed by atoms with Crippen molar-refractivity contribution in [1.82, 2.24) is 4.98 Å². The summed E-state index contributed by atoms with van der Waals surface area (Å²) in [7, 11) is 0. The summed E-state index contributed by atoms with van der Waals surface area (Å²) in [5.74, 6) is -0.236. The molecular formula is C17H21NO2. The highest BCUT2D eigenvalue weighted by molar-refractivity contribution is 6.04.